The molecule has 0 aliphatic heterocycles. The molecule has 146 valence electrons. The van der Waals surface area contributed by atoms with Gasteiger partial charge in [0.25, 0.3) is 10.1 Å². The number of benzene rings is 1. The third kappa shape index (κ3) is 8.49. The molecular formula is C18H26ClNO5S. The molecule has 0 unspecified atom stereocenters. The number of carbonyl (C=O) groups excluding carboxylic acids is 1. The lowest BCUT2D eigenvalue weighted by molar-refractivity contribution is -0.133. The number of rotatable bonds is 9. The van der Waals surface area contributed by atoms with Gasteiger partial charge in [-0.05, 0) is 61.9 Å². The molecule has 0 radical (unpaired) electrons. The molecule has 6 nitrogen and oxygen atoms in total. The lowest BCUT2D eigenvalue weighted by Gasteiger charge is -2.28. The predicted molar refractivity (Wildman–Crippen MR) is 101 cm³/mol. The van der Waals surface area contributed by atoms with E-state index in [4.69, 9.17) is 20.5 Å². The van der Waals surface area contributed by atoms with Gasteiger partial charge in [0.05, 0.1) is 19.4 Å². The molecule has 1 saturated carbocycles. The van der Waals surface area contributed by atoms with Gasteiger partial charge < -0.3 is 10.1 Å². The summed E-state index contributed by atoms with van der Waals surface area (Å²) < 4.78 is 32.1. The SMILES string of the molecule is CS(=O)(=O)OCC1CCC(CCNCC(=O)Oc2ccc(Cl)cc2)CC1. The highest BCUT2D eigenvalue weighted by atomic mass is 35.5. The van der Waals surface area contributed by atoms with Crippen LogP contribution < -0.4 is 10.1 Å². The lowest BCUT2D eigenvalue weighted by atomic mass is 9.81. The monoisotopic (exact) mass is 403 g/mol. The Hall–Kier alpha value is -1.15. The summed E-state index contributed by atoms with van der Waals surface area (Å²) >= 11 is 5.78. The maximum Gasteiger partial charge on any atom is 0.325 e. The molecule has 1 aromatic rings. The van der Waals surface area contributed by atoms with Crippen LogP contribution in [-0.4, -0.2) is 40.3 Å². The minimum atomic E-state index is -3.35. The van der Waals surface area contributed by atoms with Crippen molar-refractivity contribution in [1.82, 2.24) is 5.32 Å². The van der Waals surface area contributed by atoms with E-state index < -0.39 is 10.1 Å². The molecule has 0 aromatic heterocycles. The molecule has 1 aromatic carbocycles. The quantitative estimate of drug-likeness (QED) is 0.295. The number of hydrogen-bond donors (Lipinski definition) is 1. The van der Waals surface area contributed by atoms with Gasteiger partial charge in [-0.2, -0.15) is 8.42 Å². The topological polar surface area (TPSA) is 81.7 Å². The summed E-state index contributed by atoms with van der Waals surface area (Å²) in [5.41, 5.74) is 0. The van der Waals surface area contributed by atoms with Gasteiger partial charge in [-0.1, -0.05) is 24.4 Å². The molecule has 8 heteroatoms. The van der Waals surface area contributed by atoms with Gasteiger partial charge >= 0.3 is 5.97 Å². The molecular weight excluding hydrogens is 378 g/mol. The van der Waals surface area contributed by atoms with Crippen molar-refractivity contribution in [3.05, 3.63) is 29.3 Å². The molecule has 1 aliphatic carbocycles. The third-order valence-corrected chi connectivity index (χ3v) is 5.34. The van der Waals surface area contributed by atoms with E-state index in [1.54, 1.807) is 24.3 Å². The van der Waals surface area contributed by atoms with E-state index in [2.05, 4.69) is 5.32 Å². The van der Waals surface area contributed by atoms with Crippen molar-refractivity contribution in [3.8, 4) is 5.75 Å². The molecule has 0 saturated heterocycles. The molecule has 1 fully saturated rings. The molecule has 2 rings (SSSR count). The number of esters is 1. The van der Waals surface area contributed by atoms with Gasteiger partial charge in [0.1, 0.15) is 5.75 Å². The molecule has 0 spiro atoms. The summed E-state index contributed by atoms with van der Waals surface area (Å²) in [5, 5.41) is 3.71. The standard InChI is InChI=1S/C18H26ClNO5S/c1-26(22,23)24-13-15-4-2-14(3-5-15)10-11-20-12-18(21)25-17-8-6-16(19)7-9-17/h6-9,14-15,20H,2-5,10-13H2,1H3. The number of halogens is 1. The molecule has 0 amide bonds. The lowest BCUT2D eigenvalue weighted by Crippen LogP contribution is -2.29. The van der Waals surface area contributed by atoms with Gasteiger partial charge in [-0.25, -0.2) is 0 Å². The van der Waals surface area contributed by atoms with Crippen LogP contribution in [0.25, 0.3) is 0 Å². The molecule has 0 bridgehead atoms. The number of nitrogens with one attached hydrogen (secondary N) is 1. The molecule has 26 heavy (non-hydrogen) atoms. The fourth-order valence-corrected chi connectivity index (χ4v) is 3.64. The predicted octanol–water partition coefficient (Wildman–Crippen LogP) is 3.01. The van der Waals surface area contributed by atoms with Crippen molar-refractivity contribution < 1.29 is 22.1 Å². The first kappa shape index (κ1) is 21.2. The van der Waals surface area contributed by atoms with Crippen LogP contribution in [0.15, 0.2) is 24.3 Å². The van der Waals surface area contributed by atoms with E-state index in [1.165, 1.54) is 0 Å². The average molecular weight is 404 g/mol. The highest BCUT2D eigenvalue weighted by Crippen LogP contribution is 2.30. The molecule has 1 aliphatic rings. The highest BCUT2D eigenvalue weighted by Gasteiger charge is 2.22. The fourth-order valence-electron chi connectivity index (χ4n) is 3.07. The van der Waals surface area contributed by atoms with Crippen LogP contribution in [0.4, 0.5) is 0 Å². The molecule has 1 N–H and O–H groups in total. The largest absolute Gasteiger partial charge is 0.426 e. The van der Waals surface area contributed by atoms with E-state index in [9.17, 15) is 13.2 Å². The number of carbonyl (C=O) groups is 1. The van der Waals surface area contributed by atoms with Gasteiger partial charge in [0, 0.05) is 5.02 Å². The van der Waals surface area contributed by atoms with Gasteiger partial charge in [-0.15, -0.1) is 0 Å². The summed E-state index contributed by atoms with van der Waals surface area (Å²) in [6.07, 6.45) is 6.18. The van der Waals surface area contributed by atoms with E-state index in [-0.39, 0.29) is 12.5 Å². The molecule has 0 atom stereocenters. The van der Waals surface area contributed by atoms with E-state index in [0.717, 1.165) is 44.9 Å². The second kappa shape index (κ2) is 10.3. The normalized spacial score (nSPS) is 20.7. The Bertz CT molecular complexity index is 669. The van der Waals surface area contributed by atoms with E-state index in [1.807, 2.05) is 0 Å². The average Bonchev–Trinajstić information content (AvgIpc) is 2.59. The van der Waals surface area contributed by atoms with Crippen molar-refractivity contribution in [1.29, 1.82) is 0 Å². The highest BCUT2D eigenvalue weighted by molar-refractivity contribution is 7.85. The zero-order valence-corrected chi connectivity index (χ0v) is 16.5. The van der Waals surface area contributed by atoms with Crippen molar-refractivity contribution in [2.75, 3.05) is 26.0 Å². The maximum absolute atomic E-state index is 11.8. The first-order chi connectivity index (χ1) is 12.3. The summed E-state index contributed by atoms with van der Waals surface area (Å²) in [4.78, 5) is 11.8. The van der Waals surface area contributed by atoms with Crippen LogP contribution in [0.2, 0.25) is 5.02 Å². The molecule has 0 heterocycles. The van der Waals surface area contributed by atoms with Crippen LogP contribution in [0.5, 0.6) is 5.75 Å². The zero-order chi connectivity index (χ0) is 19.0. The Morgan fingerprint density at radius 3 is 2.38 bits per heavy atom. The van der Waals surface area contributed by atoms with Crippen molar-refractivity contribution >= 4 is 27.7 Å². The van der Waals surface area contributed by atoms with Crippen LogP contribution in [0, 0.1) is 11.8 Å². The minimum absolute atomic E-state index is 0.167. The fraction of sp³-hybridized carbons (Fsp3) is 0.611. The smallest absolute Gasteiger partial charge is 0.325 e. The van der Waals surface area contributed by atoms with Crippen molar-refractivity contribution in [3.63, 3.8) is 0 Å². The van der Waals surface area contributed by atoms with Crippen LogP contribution in [-0.2, 0) is 19.1 Å². The minimum Gasteiger partial charge on any atom is -0.426 e. The van der Waals surface area contributed by atoms with Crippen LogP contribution in [0.1, 0.15) is 32.1 Å². The Balaban J connectivity index is 1.55. The van der Waals surface area contributed by atoms with Crippen molar-refractivity contribution in [2.45, 2.75) is 32.1 Å². The summed E-state index contributed by atoms with van der Waals surface area (Å²) in [6, 6.07) is 6.67. The summed E-state index contributed by atoms with van der Waals surface area (Å²) in [6.45, 7) is 1.21. The van der Waals surface area contributed by atoms with Crippen molar-refractivity contribution in [2.24, 2.45) is 11.8 Å². The Labute approximate surface area is 160 Å². The number of hydrogen-bond acceptors (Lipinski definition) is 6. The third-order valence-electron chi connectivity index (χ3n) is 4.53. The zero-order valence-electron chi connectivity index (χ0n) is 14.9. The van der Waals surface area contributed by atoms with E-state index in [0.29, 0.717) is 29.2 Å². The Kier molecular flexibility index (Phi) is 8.34. The Morgan fingerprint density at radius 1 is 1.15 bits per heavy atom. The van der Waals surface area contributed by atoms with Gasteiger partial charge in [-0.3, -0.25) is 8.98 Å². The second-order valence-corrected chi connectivity index (χ2v) is 8.85. The van der Waals surface area contributed by atoms with E-state index >= 15 is 0 Å². The first-order valence-corrected chi connectivity index (χ1v) is 11.0. The summed E-state index contributed by atoms with van der Waals surface area (Å²) in [5.74, 6) is 1.08. The van der Waals surface area contributed by atoms with Crippen LogP contribution in [0.3, 0.4) is 0 Å². The Morgan fingerprint density at radius 2 is 1.77 bits per heavy atom. The number of ether oxygens (including phenoxy) is 1. The van der Waals surface area contributed by atoms with Crippen LogP contribution >= 0.6 is 11.6 Å². The van der Waals surface area contributed by atoms with Gasteiger partial charge in [0.15, 0.2) is 0 Å². The second-order valence-electron chi connectivity index (χ2n) is 6.77. The summed E-state index contributed by atoms with van der Waals surface area (Å²) in [7, 11) is -3.35. The first-order valence-electron chi connectivity index (χ1n) is 8.83. The maximum atomic E-state index is 11.8. The van der Waals surface area contributed by atoms with Gasteiger partial charge in [0.2, 0.25) is 0 Å².